The molecule has 0 fully saturated rings. The van der Waals surface area contributed by atoms with Crippen molar-refractivity contribution < 1.29 is 14.3 Å². The molecule has 2 amide bonds. The van der Waals surface area contributed by atoms with Crippen molar-refractivity contribution in [1.82, 2.24) is 0 Å². The van der Waals surface area contributed by atoms with Crippen molar-refractivity contribution >= 4 is 17.5 Å². The number of anilines is 1. The van der Waals surface area contributed by atoms with E-state index in [4.69, 9.17) is 4.74 Å². The number of nitrogens with zero attached hydrogens (tertiary/aromatic N) is 1. The van der Waals surface area contributed by atoms with Gasteiger partial charge in [0.05, 0.1) is 12.8 Å². The second kappa shape index (κ2) is 6.03. The molecule has 0 saturated carbocycles. The zero-order valence-electron chi connectivity index (χ0n) is 10.4. The molecule has 4 heteroatoms. The Morgan fingerprint density at radius 2 is 1.53 bits per heavy atom. The molecule has 0 aromatic heterocycles. The minimum Gasteiger partial charge on any atom is -0.497 e. The van der Waals surface area contributed by atoms with Gasteiger partial charge in [-0.1, -0.05) is 13.8 Å². The highest BCUT2D eigenvalue weighted by atomic mass is 16.5. The molecule has 0 unspecified atom stereocenters. The van der Waals surface area contributed by atoms with Crippen LogP contribution in [0.4, 0.5) is 5.69 Å². The Labute approximate surface area is 101 Å². The van der Waals surface area contributed by atoms with Crippen molar-refractivity contribution in [1.29, 1.82) is 0 Å². The summed E-state index contributed by atoms with van der Waals surface area (Å²) in [5.74, 6) is 0.311. The van der Waals surface area contributed by atoms with Gasteiger partial charge in [0.2, 0.25) is 11.8 Å². The van der Waals surface area contributed by atoms with Crippen LogP contribution < -0.4 is 9.64 Å². The minimum absolute atomic E-state index is 0.193. The molecular weight excluding hydrogens is 218 g/mol. The Bertz CT molecular complexity index is 382. The first-order chi connectivity index (χ1) is 8.13. The van der Waals surface area contributed by atoms with E-state index in [1.807, 2.05) is 0 Å². The molecule has 0 bridgehead atoms. The summed E-state index contributed by atoms with van der Waals surface area (Å²) in [4.78, 5) is 24.7. The van der Waals surface area contributed by atoms with Gasteiger partial charge in [-0.25, -0.2) is 0 Å². The number of amides is 2. The van der Waals surface area contributed by atoms with E-state index in [1.165, 1.54) is 4.90 Å². The van der Waals surface area contributed by atoms with Crippen LogP contribution in [0.1, 0.15) is 26.7 Å². The molecule has 0 aliphatic heterocycles. The van der Waals surface area contributed by atoms with Crippen LogP contribution in [0.3, 0.4) is 0 Å². The second-order valence-corrected chi connectivity index (χ2v) is 3.53. The summed E-state index contributed by atoms with van der Waals surface area (Å²) in [6.45, 7) is 3.48. The fraction of sp³-hybridized carbons (Fsp3) is 0.385. The van der Waals surface area contributed by atoms with Gasteiger partial charge < -0.3 is 4.74 Å². The Hall–Kier alpha value is -1.84. The number of methoxy groups -OCH3 is 1. The maximum Gasteiger partial charge on any atom is 0.233 e. The van der Waals surface area contributed by atoms with Crippen LogP contribution in [0.25, 0.3) is 0 Å². The first-order valence-electron chi connectivity index (χ1n) is 5.63. The van der Waals surface area contributed by atoms with Gasteiger partial charge in [0.15, 0.2) is 0 Å². The van der Waals surface area contributed by atoms with E-state index in [1.54, 1.807) is 45.2 Å². The number of imide groups is 1. The average molecular weight is 235 g/mol. The molecule has 0 saturated heterocycles. The highest BCUT2D eigenvalue weighted by Gasteiger charge is 2.20. The fourth-order valence-corrected chi connectivity index (χ4v) is 1.47. The van der Waals surface area contributed by atoms with Crippen molar-refractivity contribution in [3.63, 3.8) is 0 Å². The van der Waals surface area contributed by atoms with Crippen molar-refractivity contribution in [3.05, 3.63) is 24.3 Å². The van der Waals surface area contributed by atoms with E-state index < -0.39 is 0 Å². The summed E-state index contributed by atoms with van der Waals surface area (Å²) in [6.07, 6.45) is 0.607. The van der Waals surface area contributed by atoms with Gasteiger partial charge in [-0.2, -0.15) is 0 Å². The molecule has 1 aromatic rings. The van der Waals surface area contributed by atoms with Crippen molar-refractivity contribution in [3.8, 4) is 5.75 Å². The molecular formula is C13H17NO3. The lowest BCUT2D eigenvalue weighted by molar-refractivity contribution is -0.126. The van der Waals surface area contributed by atoms with Crippen molar-refractivity contribution in [2.24, 2.45) is 0 Å². The predicted octanol–water partition coefficient (Wildman–Crippen LogP) is 2.37. The molecule has 92 valence electrons. The third kappa shape index (κ3) is 3.06. The molecule has 0 aliphatic rings. The lowest BCUT2D eigenvalue weighted by Crippen LogP contribution is -2.35. The van der Waals surface area contributed by atoms with E-state index in [2.05, 4.69) is 0 Å². The first-order valence-corrected chi connectivity index (χ1v) is 5.63. The number of hydrogen-bond donors (Lipinski definition) is 0. The van der Waals surface area contributed by atoms with Crippen LogP contribution in [0.2, 0.25) is 0 Å². The Balaban J connectivity index is 3.04. The van der Waals surface area contributed by atoms with Crippen LogP contribution in [-0.2, 0) is 9.59 Å². The lowest BCUT2D eigenvalue weighted by atomic mass is 10.2. The number of hydrogen-bond acceptors (Lipinski definition) is 3. The SMILES string of the molecule is CCC(=O)N(C(=O)CC)c1ccc(OC)cc1. The van der Waals surface area contributed by atoms with E-state index >= 15 is 0 Å². The summed E-state index contributed by atoms with van der Waals surface area (Å²) < 4.78 is 5.03. The van der Waals surface area contributed by atoms with Crippen molar-refractivity contribution in [2.75, 3.05) is 12.0 Å². The van der Waals surface area contributed by atoms with Gasteiger partial charge in [0.1, 0.15) is 5.75 Å². The van der Waals surface area contributed by atoms with Gasteiger partial charge in [0.25, 0.3) is 0 Å². The van der Waals surface area contributed by atoms with E-state index in [0.717, 1.165) is 0 Å². The van der Waals surface area contributed by atoms with Crippen LogP contribution in [-0.4, -0.2) is 18.9 Å². The highest BCUT2D eigenvalue weighted by Crippen LogP contribution is 2.20. The summed E-state index contributed by atoms with van der Waals surface area (Å²) in [5, 5.41) is 0. The molecule has 0 heterocycles. The maximum absolute atomic E-state index is 11.7. The van der Waals surface area contributed by atoms with Gasteiger partial charge >= 0.3 is 0 Å². The Morgan fingerprint density at radius 3 is 1.88 bits per heavy atom. The van der Waals surface area contributed by atoms with Gasteiger partial charge in [-0.3, -0.25) is 14.5 Å². The molecule has 1 rings (SSSR count). The maximum atomic E-state index is 11.7. The molecule has 0 atom stereocenters. The smallest absolute Gasteiger partial charge is 0.233 e. The topological polar surface area (TPSA) is 46.6 Å². The third-order valence-electron chi connectivity index (χ3n) is 2.43. The minimum atomic E-state index is -0.193. The Kier molecular flexibility index (Phi) is 4.69. The second-order valence-electron chi connectivity index (χ2n) is 3.53. The normalized spacial score (nSPS) is 9.82. The summed E-state index contributed by atoms with van der Waals surface area (Å²) in [5.41, 5.74) is 0.588. The number of carbonyl (C=O) groups is 2. The number of benzene rings is 1. The number of carbonyl (C=O) groups excluding carboxylic acids is 2. The third-order valence-corrected chi connectivity index (χ3v) is 2.43. The van der Waals surface area contributed by atoms with Crippen molar-refractivity contribution in [2.45, 2.75) is 26.7 Å². The largest absolute Gasteiger partial charge is 0.497 e. The van der Waals surface area contributed by atoms with Crippen LogP contribution in [0.15, 0.2) is 24.3 Å². The average Bonchev–Trinajstić information content (AvgIpc) is 2.39. The van der Waals surface area contributed by atoms with E-state index in [-0.39, 0.29) is 11.8 Å². The van der Waals surface area contributed by atoms with Crippen LogP contribution >= 0.6 is 0 Å². The predicted molar refractivity (Wildman–Crippen MR) is 66.1 cm³/mol. The molecule has 0 spiro atoms. The quantitative estimate of drug-likeness (QED) is 0.805. The molecule has 0 aliphatic carbocycles. The first kappa shape index (κ1) is 13.2. The van der Waals surface area contributed by atoms with E-state index in [0.29, 0.717) is 24.3 Å². The molecule has 17 heavy (non-hydrogen) atoms. The molecule has 0 radical (unpaired) electrons. The summed E-state index contributed by atoms with van der Waals surface area (Å²) >= 11 is 0. The van der Waals surface area contributed by atoms with Gasteiger partial charge in [-0.15, -0.1) is 0 Å². The zero-order valence-corrected chi connectivity index (χ0v) is 10.4. The monoisotopic (exact) mass is 235 g/mol. The lowest BCUT2D eigenvalue weighted by Gasteiger charge is -2.19. The Morgan fingerprint density at radius 1 is 1.06 bits per heavy atom. The van der Waals surface area contributed by atoms with Gasteiger partial charge in [-0.05, 0) is 24.3 Å². The number of rotatable bonds is 4. The summed E-state index contributed by atoms with van der Waals surface area (Å²) in [7, 11) is 1.57. The van der Waals surface area contributed by atoms with Gasteiger partial charge in [0, 0.05) is 12.8 Å². The van der Waals surface area contributed by atoms with E-state index in [9.17, 15) is 9.59 Å². The standard InChI is InChI=1S/C13H17NO3/c1-4-12(15)14(13(16)5-2)10-6-8-11(17-3)9-7-10/h6-9H,4-5H2,1-3H3. The zero-order chi connectivity index (χ0) is 12.8. The van der Waals surface area contributed by atoms with Crippen LogP contribution in [0, 0.1) is 0 Å². The fourth-order valence-electron chi connectivity index (χ4n) is 1.47. The highest BCUT2D eigenvalue weighted by molar-refractivity contribution is 6.14. The number of ether oxygens (including phenoxy) is 1. The molecule has 0 N–H and O–H groups in total. The van der Waals surface area contributed by atoms with Crippen LogP contribution in [0.5, 0.6) is 5.75 Å². The summed E-state index contributed by atoms with van der Waals surface area (Å²) in [6, 6.07) is 6.88. The molecule has 4 nitrogen and oxygen atoms in total. The molecule has 1 aromatic carbocycles.